The normalized spacial score (nSPS) is 17.2. The number of rotatable bonds is 5. The second kappa shape index (κ2) is 6.90. The van der Waals surface area contributed by atoms with Crippen LogP contribution in [0.3, 0.4) is 0 Å². The van der Waals surface area contributed by atoms with Crippen molar-refractivity contribution >= 4 is 17.3 Å². The fourth-order valence-corrected chi connectivity index (χ4v) is 2.65. The summed E-state index contributed by atoms with van der Waals surface area (Å²) in [5, 5.41) is 7.98. The molecule has 0 radical (unpaired) electrons. The summed E-state index contributed by atoms with van der Waals surface area (Å²) in [5.74, 6) is -0.199. The van der Waals surface area contributed by atoms with Crippen LogP contribution in [0.5, 0.6) is 0 Å². The first-order chi connectivity index (χ1) is 10.7. The van der Waals surface area contributed by atoms with Crippen molar-refractivity contribution in [2.45, 2.75) is 19.1 Å². The highest BCUT2D eigenvalue weighted by molar-refractivity contribution is 6.34. The van der Waals surface area contributed by atoms with Crippen LogP contribution in [0, 0.1) is 5.82 Å². The zero-order valence-corrected chi connectivity index (χ0v) is 12.7. The third kappa shape index (κ3) is 3.46. The Morgan fingerprint density at radius 1 is 1.18 bits per heavy atom. The minimum absolute atomic E-state index is 0.0574. The Kier molecular flexibility index (Phi) is 4.71. The molecule has 0 fully saturated rings. The van der Waals surface area contributed by atoms with Crippen molar-refractivity contribution in [3.8, 4) is 0 Å². The summed E-state index contributed by atoms with van der Waals surface area (Å²) >= 11 is 6.16. The average Bonchev–Trinajstić information content (AvgIpc) is 2.98. The summed E-state index contributed by atoms with van der Waals surface area (Å²) in [5.41, 5.74) is 2.40. The topological polar surface area (TPSA) is 33.6 Å². The summed E-state index contributed by atoms with van der Waals surface area (Å²) in [7, 11) is 0. The van der Waals surface area contributed by atoms with E-state index in [0.29, 0.717) is 30.1 Å². The molecule has 1 aliphatic rings. The highest BCUT2D eigenvalue weighted by Gasteiger charge is 2.23. The molecular formula is C17H16ClFN2O. The van der Waals surface area contributed by atoms with E-state index in [2.05, 4.69) is 10.5 Å². The van der Waals surface area contributed by atoms with Gasteiger partial charge in [-0.3, -0.25) is 0 Å². The Balaban J connectivity index is 1.51. The lowest BCUT2D eigenvalue weighted by Gasteiger charge is -2.10. The first kappa shape index (κ1) is 15.0. The molecule has 0 unspecified atom stereocenters. The number of hydrogen-bond acceptors (Lipinski definition) is 3. The molecule has 1 atom stereocenters. The number of nitrogens with one attached hydrogen (secondary N) is 1. The largest absolute Gasteiger partial charge is 0.390 e. The highest BCUT2D eigenvalue weighted by Crippen LogP contribution is 2.22. The number of oxime groups is 1. The van der Waals surface area contributed by atoms with Gasteiger partial charge in [-0.15, -0.1) is 0 Å². The van der Waals surface area contributed by atoms with Gasteiger partial charge in [0.15, 0.2) is 0 Å². The average molecular weight is 319 g/mol. The quantitative estimate of drug-likeness (QED) is 0.910. The highest BCUT2D eigenvalue weighted by atomic mass is 35.5. The van der Waals surface area contributed by atoms with Gasteiger partial charge in [0.1, 0.15) is 11.9 Å². The van der Waals surface area contributed by atoms with E-state index in [9.17, 15) is 4.39 Å². The minimum Gasteiger partial charge on any atom is -0.390 e. The number of halogens is 2. The molecule has 0 saturated carbocycles. The summed E-state index contributed by atoms with van der Waals surface area (Å²) in [6.07, 6.45) is 0.631. The van der Waals surface area contributed by atoms with Crippen LogP contribution in [0.15, 0.2) is 53.7 Å². The molecule has 2 aromatic carbocycles. The van der Waals surface area contributed by atoms with Gasteiger partial charge in [0.2, 0.25) is 0 Å². The molecule has 0 bridgehead atoms. The molecule has 1 N–H and O–H groups in total. The molecule has 0 aromatic heterocycles. The molecule has 1 aliphatic heterocycles. The maximum atomic E-state index is 13.5. The van der Waals surface area contributed by atoms with Gasteiger partial charge in [0, 0.05) is 35.7 Å². The standard InChI is InChI=1S/C17H16ClFN2O/c18-15-7-3-2-6-14(15)17-9-13(22-21-17)11-20-10-12-5-1-4-8-16(12)19/h1-8,13,20H,9-11H2/t13-/m1/s1. The third-order valence-electron chi connectivity index (χ3n) is 3.56. The van der Waals surface area contributed by atoms with Crippen LogP contribution >= 0.6 is 11.6 Å². The van der Waals surface area contributed by atoms with Crippen molar-refractivity contribution in [1.29, 1.82) is 0 Å². The predicted molar refractivity (Wildman–Crippen MR) is 85.6 cm³/mol. The summed E-state index contributed by atoms with van der Waals surface area (Å²) in [4.78, 5) is 5.42. The molecular weight excluding hydrogens is 303 g/mol. The fourth-order valence-electron chi connectivity index (χ4n) is 2.40. The molecule has 22 heavy (non-hydrogen) atoms. The van der Waals surface area contributed by atoms with Crippen LogP contribution in [-0.2, 0) is 11.4 Å². The van der Waals surface area contributed by atoms with E-state index in [1.807, 2.05) is 30.3 Å². The second-order valence-corrected chi connectivity index (χ2v) is 5.58. The van der Waals surface area contributed by atoms with Gasteiger partial charge < -0.3 is 10.2 Å². The second-order valence-electron chi connectivity index (χ2n) is 5.17. The van der Waals surface area contributed by atoms with Crippen molar-refractivity contribution < 1.29 is 9.23 Å². The molecule has 0 saturated heterocycles. The molecule has 1 heterocycles. The van der Waals surface area contributed by atoms with Crippen molar-refractivity contribution in [3.05, 3.63) is 70.5 Å². The smallest absolute Gasteiger partial charge is 0.145 e. The first-order valence-electron chi connectivity index (χ1n) is 7.16. The van der Waals surface area contributed by atoms with Crippen LogP contribution in [0.1, 0.15) is 17.5 Å². The maximum absolute atomic E-state index is 13.5. The van der Waals surface area contributed by atoms with Crippen molar-refractivity contribution in [3.63, 3.8) is 0 Å². The Labute approximate surface area is 133 Å². The Morgan fingerprint density at radius 3 is 2.77 bits per heavy atom. The van der Waals surface area contributed by atoms with Crippen molar-refractivity contribution in [2.24, 2.45) is 5.16 Å². The van der Waals surface area contributed by atoms with Crippen LogP contribution in [0.2, 0.25) is 5.02 Å². The van der Waals surface area contributed by atoms with E-state index >= 15 is 0 Å². The number of nitrogens with zero attached hydrogens (tertiary/aromatic N) is 1. The Morgan fingerprint density at radius 2 is 1.95 bits per heavy atom. The third-order valence-corrected chi connectivity index (χ3v) is 3.89. The molecule has 5 heteroatoms. The van der Waals surface area contributed by atoms with Gasteiger partial charge in [-0.2, -0.15) is 0 Å². The molecule has 2 aromatic rings. The monoisotopic (exact) mass is 318 g/mol. The van der Waals surface area contributed by atoms with E-state index in [4.69, 9.17) is 16.4 Å². The van der Waals surface area contributed by atoms with Crippen LogP contribution < -0.4 is 5.32 Å². The van der Waals surface area contributed by atoms with Gasteiger partial charge >= 0.3 is 0 Å². The van der Waals surface area contributed by atoms with E-state index in [1.54, 1.807) is 12.1 Å². The molecule has 0 amide bonds. The van der Waals surface area contributed by atoms with Crippen molar-refractivity contribution in [1.82, 2.24) is 5.32 Å². The zero-order chi connectivity index (χ0) is 15.4. The summed E-state index contributed by atoms with van der Waals surface area (Å²) < 4.78 is 13.5. The maximum Gasteiger partial charge on any atom is 0.145 e. The summed E-state index contributed by atoms with van der Waals surface area (Å²) in [6, 6.07) is 14.3. The van der Waals surface area contributed by atoms with Crippen molar-refractivity contribution in [2.75, 3.05) is 6.54 Å². The molecule has 0 spiro atoms. The van der Waals surface area contributed by atoms with Gasteiger partial charge in [0.25, 0.3) is 0 Å². The van der Waals surface area contributed by atoms with Crippen LogP contribution in [0.25, 0.3) is 0 Å². The first-order valence-corrected chi connectivity index (χ1v) is 7.53. The molecule has 114 valence electrons. The number of hydrogen-bond donors (Lipinski definition) is 1. The fraction of sp³-hybridized carbons (Fsp3) is 0.235. The molecule has 3 rings (SSSR count). The lowest BCUT2D eigenvalue weighted by Crippen LogP contribution is -2.27. The lowest BCUT2D eigenvalue weighted by molar-refractivity contribution is 0.0848. The molecule has 3 nitrogen and oxygen atoms in total. The minimum atomic E-state index is -0.199. The Bertz CT molecular complexity index is 690. The van der Waals surface area contributed by atoms with E-state index < -0.39 is 0 Å². The Hall–Kier alpha value is -1.91. The van der Waals surface area contributed by atoms with Gasteiger partial charge in [-0.25, -0.2) is 4.39 Å². The zero-order valence-electron chi connectivity index (χ0n) is 11.9. The van der Waals surface area contributed by atoms with Crippen LogP contribution in [0.4, 0.5) is 4.39 Å². The lowest BCUT2D eigenvalue weighted by atomic mass is 10.0. The van der Waals surface area contributed by atoms with Crippen LogP contribution in [-0.4, -0.2) is 18.4 Å². The van der Waals surface area contributed by atoms with Gasteiger partial charge in [-0.05, 0) is 12.1 Å². The van der Waals surface area contributed by atoms with E-state index in [1.165, 1.54) is 6.07 Å². The SMILES string of the molecule is Fc1ccccc1CNC[C@H]1CC(c2ccccc2Cl)=NO1. The van der Waals surface area contributed by atoms with Gasteiger partial charge in [0.05, 0.1) is 5.71 Å². The number of benzene rings is 2. The molecule has 0 aliphatic carbocycles. The van der Waals surface area contributed by atoms with Gasteiger partial charge in [-0.1, -0.05) is 53.2 Å². The van der Waals surface area contributed by atoms with E-state index in [-0.39, 0.29) is 11.9 Å². The predicted octanol–water partition coefficient (Wildman–Crippen LogP) is 3.76. The summed E-state index contributed by atoms with van der Waals surface area (Å²) in [6.45, 7) is 1.07. The van der Waals surface area contributed by atoms with E-state index in [0.717, 1.165) is 11.3 Å².